The molecular weight excluding hydrogens is 338 g/mol. The van der Waals surface area contributed by atoms with Crippen LogP contribution in [0.15, 0.2) is 51.7 Å². The fraction of sp³-hybridized carbons (Fsp3) is 0.273. The summed E-state index contributed by atoms with van der Waals surface area (Å²) in [5.74, 6) is 0.561. The van der Waals surface area contributed by atoms with E-state index < -0.39 is 0 Å². The Labute approximate surface area is 158 Å². The van der Waals surface area contributed by atoms with Crippen molar-refractivity contribution in [3.05, 3.63) is 52.7 Å². The summed E-state index contributed by atoms with van der Waals surface area (Å²) < 4.78 is 6.31. The van der Waals surface area contributed by atoms with Gasteiger partial charge in [0.25, 0.3) is 0 Å². The fourth-order valence-electron chi connectivity index (χ4n) is 3.57. The average Bonchev–Trinajstić information content (AvgIpc) is 2.69. The number of hydrogen-bond donors (Lipinski definition) is 0. The standard InChI is InChI=1S/C22H23N3O2/c1-5-25(6-2)20-21(26)16-10-8-7-9-15(16)19-22(20)27-18-13-14(24(3)4)11-12-17(18)23-19/h7-13H,5-6H2,1-4H3. The second-order valence-corrected chi connectivity index (χ2v) is 6.83. The normalized spacial score (nSPS) is 11.4. The van der Waals surface area contributed by atoms with Gasteiger partial charge in [-0.1, -0.05) is 24.3 Å². The number of fused-ring (bicyclic) bond motifs is 4. The van der Waals surface area contributed by atoms with Gasteiger partial charge in [0.1, 0.15) is 16.9 Å². The van der Waals surface area contributed by atoms with Gasteiger partial charge in [0.2, 0.25) is 5.43 Å². The summed E-state index contributed by atoms with van der Waals surface area (Å²) in [6.07, 6.45) is 0. The maximum Gasteiger partial charge on any atom is 0.213 e. The van der Waals surface area contributed by atoms with E-state index in [1.165, 1.54) is 0 Å². The number of rotatable bonds is 4. The molecule has 5 heteroatoms. The van der Waals surface area contributed by atoms with E-state index in [-0.39, 0.29) is 5.43 Å². The first-order valence-electron chi connectivity index (χ1n) is 9.26. The highest BCUT2D eigenvalue weighted by Crippen LogP contribution is 2.37. The molecule has 0 aromatic heterocycles. The zero-order valence-electron chi connectivity index (χ0n) is 16.1. The Morgan fingerprint density at radius 3 is 2.37 bits per heavy atom. The maximum absolute atomic E-state index is 13.3. The van der Waals surface area contributed by atoms with Gasteiger partial charge in [-0.25, -0.2) is 4.98 Å². The Morgan fingerprint density at radius 1 is 1.00 bits per heavy atom. The summed E-state index contributed by atoms with van der Waals surface area (Å²) in [4.78, 5) is 22.2. The minimum atomic E-state index is -0.00420. The van der Waals surface area contributed by atoms with E-state index in [0.717, 1.165) is 35.4 Å². The maximum atomic E-state index is 13.3. The molecule has 2 aromatic carbocycles. The lowest BCUT2D eigenvalue weighted by Gasteiger charge is -2.24. The largest absolute Gasteiger partial charge is 0.450 e. The molecule has 0 amide bonds. The van der Waals surface area contributed by atoms with Crippen molar-refractivity contribution in [2.45, 2.75) is 13.8 Å². The van der Waals surface area contributed by atoms with Gasteiger partial charge in [0.15, 0.2) is 11.3 Å². The molecule has 2 aliphatic rings. The molecule has 0 N–H and O–H groups in total. The lowest BCUT2D eigenvalue weighted by Crippen LogP contribution is -2.29. The summed E-state index contributed by atoms with van der Waals surface area (Å²) in [6, 6.07) is 13.6. The van der Waals surface area contributed by atoms with E-state index in [1.54, 1.807) is 0 Å². The van der Waals surface area contributed by atoms with Crippen molar-refractivity contribution in [3.8, 4) is 11.5 Å². The number of benzene rings is 3. The Bertz CT molecular complexity index is 1160. The van der Waals surface area contributed by atoms with Crippen LogP contribution in [0.25, 0.3) is 33.3 Å². The Hall–Kier alpha value is -3.08. The summed E-state index contributed by atoms with van der Waals surface area (Å²) in [5.41, 5.74) is 3.81. The summed E-state index contributed by atoms with van der Waals surface area (Å²) in [5, 5.41) is 1.51. The monoisotopic (exact) mass is 361 g/mol. The van der Waals surface area contributed by atoms with E-state index in [4.69, 9.17) is 9.40 Å². The summed E-state index contributed by atoms with van der Waals surface area (Å²) >= 11 is 0. The predicted octanol–water partition coefficient (Wildman–Crippen LogP) is 4.36. The zero-order valence-corrected chi connectivity index (χ0v) is 16.1. The molecule has 1 aliphatic heterocycles. The predicted molar refractivity (Wildman–Crippen MR) is 112 cm³/mol. The van der Waals surface area contributed by atoms with Gasteiger partial charge in [0, 0.05) is 49.7 Å². The third-order valence-electron chi connectivity index (χ3n) is 5.06. The Kier molecular flexibility index (Phi) is 4.22. The van der Waals surface area contributed by atoms with Crippen molar-refractivity contribution in [1.29, 1.82) is 0 Å². The van der Waals surface area contributed by atoms with Crippen LogP contribution in [0.1, 0.15) is 13.8 Å². The number of hydrogen-bond acceptors (Lipinski definition) is 5. The van der Waals surface area contributed by atoms with Crippen LogP contribution in [-0.2, 0) is 0 Å². The summed E-state index contributed by atoms with van der Waals surface area (Å²) in [7, 11) is 3.97. The van der Waals surface area contributed by atoms with Crippen molar-refractivity contribution in [3.63, 3.8) is 0 Å². The molecule has 1 aliphatic carbocycles. The SMILES string of the molecule is CCN(CC)c1c2oc3cc(N(C)C)ccc3nc-2c2ccccc2c1=O. The third kappa shape index (κ3) is 2.70. The lowest BCUT2D eigenvalue weighted by atomic mass is 10.0. The molecule has 138 valence electrons. The molecule has 0 spiro atoms. The molecule has 1 heterocycles. The van der Waals surface area contributed by atoms with E-state index in [9.17, 15) is 4.79 Å². The van der Waals surface area contributed by atoms with Crippen LogP contribution in [0.5, 0.6) is 0 Å². The van der Waals surface area contributed by atoms with Crippen LogP contribution in [0.4, 0.5) is 11.4 Å². The van der Waals surface area contributed by atoms with Gasteiger partial charge in [-0.3, -0.25) is 4.79 Å². The minimum absolute atomic E-state index is 0.00420. The van der Waals surface area contributed by atoms with Gasteiger partial charge in [-0.2, -0.15) is 0 Å². The van der Waals surface area contributed by atoms with Gasteiger partial charge in [-0.15, -0.1) is 0 Å². The molecule has 0 fully saturated rings. The third-order valence-corrected chi connectivity index (χ3v) is 5.06. The number of nitrogens with zero attached hydrogens (tertiary/aromatic N) is 3. The van der Waals surface area contributed by atoms with Crippen molar-refractivity contribution < 1.29 is 4.42 Å². The molecule has 0 radical (unpaired) electrons. The molecule has 27 heavy (non-hydrogen) atoms. The van der Waals surface area contributed by atoms with E-state index in [0.29, 0.717) is 22.4 Å². The average molecular weight is 361 g/mol. The number of aromatic nitrogens is 1. The van der Waals surface area contributed by atoms with Crippen LogP contribution in [0, 0.1) is 0 Å². The molecule has 0 unspecified atom stereocenters. The molecule has 5 nitrogen and oxygen atoms in total. The molecular formula is C22H23N3O2. The van der Waals surface area contributed by atoms with Gasteiger partial charge in [-0.05, 0) is 26.0 Å². The van der Waals surface area contributed by atoms with Crippen LogP contribution in [0.2, 0.25) is 0 Å². The van der Waals surface area contributed by atoms with Crippen LogP contribution < -0.4 is 15.2 Å². The highest BCUT2D eigenvalue weighted by atomic mass is 16.3. The van der Waals surface area contributed by atoms with Crippen molar-refractivity contribution in [1.82, 2.24) is 4.98 Å². The van der Waals surface area contributed by atoms with Gasteiger partial charge in [0.05, 0.1) is 0 Å². The van der Waals surface area contributed by atoms with E-state index in [1.807, 2.05) is 80.2 Å². The molecule has 2 aromatic rings. The fourth-order valence-corrected chi connectivity index (χ4v) is 3.57. The smallest absolute Gasteiger partial charge is 0.213 e. The Morgan fingerprint density at radius 2 is 1.70 bits per heavy atom. The first kappa shape index (κ1) is 17.3. The highest BCUT2D eigenvalue weighted by molar-refractivity contribution is 6.01. The van der Waals surface area contributed by atoms with Crippen molar-refractivity contribution in [2.75, 3.05) is 37.0 Å². The molecule has 0 saturated heterocycles. The highest BCUT2D eigenvalue weighted by Gasteiger charge is 2.25. The Balaban J connectivity index is 2.18. The van der Waals surface area contributed by atoms with Crippen LogP contribution >= 0.6 is 0 Å². The molecule has 0 bridgehead atoms. The minimum Gasteiger partial charge on any atom is -0.450 e. The van der Waals surface area contributed by atoms with Crippen molar-refractivity contribution >= 4 is 33.2 Å². The molecule has 4 rings (SSSR count). The van der Waals surface area contributed by atoms with E-state index in [2.05, 4.69) is 0 Å². The zero-order chi connectivity index (χ0) is 19.1. The number of anilines is 2. The quantitative estimate of drug-likeness (QED) is 0.399. The molecule has 0 saturated carbocycles. The van der Waals surface area contributed by atoms with Gasteiger partial charge < -0.3 is 14.2 Å². The first-order valence-corrected chi connectivity index (χ1v) is 9.26. The first-order chi connectivity index (χ1) is 13.0. The van der Waals surface area contributed by atoms with Gasteiger partial charge >= 0.3 is 0 Å². The summed E-state index contributed by atoms with van der Waals surface area (Å²) in [6.45, 7) is 5.54. The van der Waals surface area contributed by atoms with E-state index >= 15 is 0 Å². The molecule has 0 atom stereocenters. The van der Waals surface area contributed by atoms with Crippen molar-refractivity contribution in [2.24, 2.45) is 0 Å². The lowest BCUT2D eigenvalue weighted by molar-refractivity contribution is 0.610. The van der Waals surface area contributed by atoms with Crippen LogP contribution in [-0.4, -0.2) is 32.2 Å². The topological polar surface area (TPSA) is 49.6 Å². The van der Waals surface area contributed by atoms with Crippen LogP contribution in [0.3, 0.4) is 0 Å². The second-order valence-electron chi connectivity index (χ2n) is 6.83. The second kappa shape index (κ2) is 6.58.